The van der Waals surface area contributed by atoms with E-state index in [1.165, 1.54) is 0 Å². The Kier molecular flexibility index (Phi) is 16.5. The Balaban J connectivity index is 0.803. The number of carbonyl (C=O) groups is 4. The minimum atomic E-state index is -0.286. The monoisotopic (exact) mass is 912 g/mol. The number of urea groups is 1. The number of H-pyrrole nitrogens is 1. The number of carbonyl (C=O) groups excluding carboxylic acids is 4. The highest BCUT2D eigenvalue weighted by atomic mass is 32.2. The smallest absolute Gasteiger partial charge is 0.315 e. The normalized spacial score (nSPS) is 18.2. The number of fused-ring (bicyclic) bond motifs is 2. The summed E-state index contributed by atoms with van der Waals surface area (Å²) in [4.78, 5) is 75.2. The highest BCUT2D eigenvalue weighted by Gasteiger charge is 2.42. The van der Waals surface area contributed by atoms with Crippen molar-refractivity contribution in [2.45, 2.75) is 103 Å². The summed E-state index contributed by atoms with van der Waals surface area (Å²) in [6.45, 7) is 12.5. The molecule has 65 heavy (non-hydrogen) atoms. The summed E-state index contributed by atoms with van der Waals surface area (Å²) in [5.41, 5.74) is 5.11. The minimum absolute atomic E-state index is 0.0152. The number of unbranched alkanes of at least 4 members (excludes halogenated alkanes) is 1. The van der Waals surface area contributed by atoms with Gasteiger partial charge in [0.2, 0.25) is 11.8 Å². The molecule has 350 valence electrons. The van der Waals surface area contributed by atoms with Crippen molar-refractivity contribution in [3.63, 3.8) is 0 Å². The molecule has 0 aliphatic carbocycles. The van der Waals surface area contributed by atoms with Gasteiger partial charge >= 0.3 is 6.03 Å². The molecule has 3 aliphatic heterocycles. The summed E-state index contributed by atoms with van der Waals surface area (Å²) < 4.78 is 13.2. The number of aryl methyl sites for hydroxylation is 2. The molecule has 0 radical (unpaired) electrons. The van der Waals surface area contributed by atoms with Gasteiger partial charge in [0.05, 0.1) is 62.2 Å². The number of anilines is 1. The summed E-state index contributed by atoms with van der Waals surface area (Å²) in [5.74, 6) is 1.53. The lowest BCUT2D eigenvalue weighted by atomic mass is 10.00. The van der Waals surface area contributed by atoms with Gasteiger partial charge in [0.1, 0.15) is 5.82 Å². The number of pyridine rings is 2. The largest absolute Gasteiger partial charge is 0.379 e. The van der Waals surface area contributed by atoms with Crippen LogP contribution in [0.5, 0.6) is 0 Å². The first-order valence-corrected chi connectivity index (χ1v) is 24.1. The van der Waals surface area contributed by atoms with Crippen molar-refractivity contribution in [1.29, 1.82) is 0 Å². The van der Waals surface area contributed by atoms with Crippen molar-refractivity contribution in [2.75, 3.05) is 69.8 Å². The topological polar surface area (TPSA) is 205 Å². The standard InChI is InChI=1S/C47H64N10O7S/c1-5-8-32-23-31(4)52-46(61)36(32)27-50-45(60)35-24-34(25-39-37(35)28-51-57(39)30(2)3)33-11-12-41(49-26-33)55-15-17-56(18-16-55)43(59)13-19-63-21-22-64-20-14-48-42(58)10-7-6-9-40-44-38(29-65-40)53-47(62)54-44/h11-12,23-26,28,30,38,40,44H,5-10,13-22,27,29H2,1-4H3,(H,48,58)(H,50,60)(H,52,61)(H2,53,54,62). The number of amides is 5. The molecule has 3 atom stereocenters. The van der Waals surface area contributed by atoms with E-state index in [9.17, 15) is 24.0 Å². The molecule has 5 amide bonds. The van der Waals surface area contributed by atoms with Gasteiger partial charge in [0, 0.05) is 91.1 Å². The fraction of sp³-hybridized carbons (Fsp3) is 0.553. The first kappa shape index (κ1) is 47.5. The number of thioether (sulfide) groups is 1. The zero-order valence-corrected chi connectivity index (χ0v) is 38.9. The van der Waals surface area contributed by atoms with E-state index in [0.29, 0.717) is 88.4 Å². The van der Waals surface area contributed by atoms with E-state index in [1.807, 2.05) is 78.6 Å². The number of aromatic amines is 1. The lowest BCUT2D eigenvalue weighted by molar-refractivity contribution is -0.132. The predicted octanol–water partition coefficient (Wildman–Crippen LogP) is 4.47. The lowest BCUT2D eigenvalue weighted by Gasteiger charge is -2.35. The summed E-state index contributed by atoms with van der Waals surface area (Å²) in [5, 5.41) is 17.6. The van der Waals surface area contributed by atoms with E-state index in [1.54, 1.807) is 6.20 Å². The molecule has 0 saturated carbocycles. The van der Waals surface area contributed by atoms with Gasteiger partial charge in [-0.1, -0.05) is 19.8 Å². The molecule has 3 aromatic heterocycles. The fourth-order valence-electron chi connectivity index (χ4n) is 8.84. The van der Waals surface area contributed by atoms with Crippen LogP contribution in [0.4, 0.5) is 10.6 Å². The minimum Gasteiger partial charge on any atom is -0.379 e. The van der Waals surface area contributed by atoms with Crippen LogP contribution in [-0.2, 0) is 32.0 Å². The zero-order valence-electron chi connectivity index (χ0n) is 38.1. The third kappa shape index (κ3) is 12.3. The molecule has 18 heteroatoms. The molecule has 0 bridgehead atoms. The number of piperazine rings is 1. The van der Waals surface area contributed by atoms with Crippen LogP contribution < -0.4 is 31.7 Å². The molecule has 3 fully saturated rings. The molecular formula is C47H64N10O7S. The summed E-state index contributed by atoms with van der Waals surface area (Å²) in [6, 6.07) is 10.3. The van der Waals surface area contributed by atoms with Crippen LogP contribution in [0.3, 0.4) is 0 Å². The van der Waals surface area contributed by atoms with Crippen molar-refractivity contribution < 1.29 is 28.7 Å². The van der Waals surface area contributed by atoms with Gasteiger partial charge in [-0.25, -0.2) is 9.78 Å². The Morgan fingerprint density at radius 3 is 2.48 bits per heavy atom. The van der Waals surface area contributed by atoms with Gasteiger partial charge in [-0.15, -0.1) is 0 Å². The second-order valence-electron chi connectivity index (χ2n) is 17.3. The van der Waals surface area contributed by atoms with Crippen molar-refractivity contribution in [1.82, 2.24) is 45.9 Å². The van der Waals surface area contributed by atoms with E-state index in [0.717, 1.165) is 77.0 Å². The zero-order chi connectivity index (χ0) is 45.9. The summed E-state index contributed by atoms with van der Waals surface area (Å²) >= 11 is 1.89. The van der Waals surface area contributed by atoms with E-state index in [2.05, 4.69) is 43.2 Å². The molecule has 17 nitrogen and oxygen atoms in total. The average Bonchev–Trinajstić information content (AvgIpc) is 4.01. The number of ether oxygens (including phenoxy) is 2. The van der Waals surface area contributed by atoms with Gasteiger partial charge in [-0.05, 0) is 81.5 Å². The van der Waals surface area contributed by atoms with Crippen LogP contribution in [0.15, 0.2) is 47.5 Å². The third-order valence-corrected chi connectivity index (χ3v) is 13.8. The number of benzene rings is 1. The highest BCUT2D eigenvalue weighted by molar-refractivity contribution is 8.00. The van der Waals surface area contributed by atoms with Crippen molar-refractivity contribution in [2.24, 2.45) is 0 Å². The average molecular weight is 913 g/mol. The maximum atomic E-state index is 13.9. The Hall–Kier alpha value is -5.46. The van der Waals surface area contributed by atoms with Gasteiger partial charge in [-0.2, -0.15) is 16.9 Å². The molecule has 3 aliphatic rings. The van der Waals surface area contributed by atoms with E-state index < -0.39 is 0 Å². The highest BCUT2D eigenvalue weighted by Crippen LogP contribution is 2.33. The third-order valence-electron chi connectivity index (χ3n) is 12.3. The van der Waals surface area contributed by atoms with Crippen LogP contribution in [0.25, 0.3) is 22.0 Å². The Morgan fingerprint density at radius 2 is 1.72 bits per heavy atom. The van der Waals surface area contributed by atoms with Gasteiger partial charge in [0.25, 0.3) is 11.5 Å². The fourth-order valence-corrected chi connectivity index (χ4v) is 10.4. The lowest BCUT2D eigenvalue weighted by Crippen LogP contribution is -2.49. The molecule has 6 heterocycles. The molecule has 7 rings (SSSR count). The first-order chi connectivity index (χ1) is 31.5. The number of nitrogens with zero attached hydrogens (tertiary/aromatic N) is 5. The molecule has 3 unspecified atom stereocenters. The van der Waals surface area contributed by atoms with Crippen molar-refractivity contribution in [3.8, 4) is 11.1 Å². The Bertz CT molecular complexity index is 2340. The number of nitrogens with one attached hydrogen (secondary N) is 5. The van der Waals surface area contributed by atoms with E-state index in [-0.39, 0.29) is 54.0 Å². The van der Waals surface area contributed by atoms with Gasteiger partial charge in [-0.3, -0.25) is 23.9 Å². The summed E-state index contributed by atoms with van der Waals surface area (Å²) in [7, 11) is 0. The van der Waals surface area contributed by atoms with Crippen LogP contribution in [0.1, 0.15) is 92.5 Å². The molecule has 5 N–H and O–H groups in total. The maximum Gasteiger partial charge on any atom is 0.315 e. The molecule has 0 spiro atoms. The Morgan fingerprint density at radius 1 is 0.923 bits per heavy atom. The second kappa shape index (κ2) is 22.6. The van der Waals surface area contributed by atoms with Crippen molar-refractivity contribution in [3.05, 3.63) is 75.5 Å². The van der Waals surface area contributed by atoms with Gasteiger partial charge in [0.15, 0.2) is 0 Å². The summed E-state index contributed by atoms with van der Waals surface area (Å²) in [6.07, 6.45) is 8.70. The number of aromatic nitrogens is 4. The Labute approximate surface area is 384 Å². The van der Waals surface area contributed by atoms with Crippen LogP contribution in [0, 0.1) is 6.92 Å². The number of rotatable bonds is 22. The van der Waals surface area contributed by atoms with Crippen LogP contribution in [-0.4, -0.2) is 131 Å². The van der Waals surface area contributed by atoms with E-state index >= 15 is 0 Å². The van der Waals surface area contributed by atoms with Crippen LogP contribution >= 0.6 is 11.8 Å². The number of hydrogen-bond donors (Lipinski definition) is 5. The number of hydrogen-bond acceptors (Lipinski definition) is 11. The van der Waals surface area contributed by atoms with Gasteiger partial charge < -0.3 is 45.5 Å². The van der Waals surface area contributed by atoms with Crippen LogP contribution in [0.2, 0.25) is 0 Å². The predicted molar refractivity (Wildman–Crippen MR) is 252 cm³/mol. The molecule has 1 aromatic carbocycles. The SMILES string of the molecule is CCCc1cc(C)[nH]c(=O)c1CNC(=O)c1cc(-c2ccc(N3CCN(C(=O)CCOCCOCCNC(=O)CCCCC4SCC5NC(=O)NC54)CC3)nc2)cc2c1cnn2C(C)C. The molecule has 4 aromatic rings. The van der Waals surface area contributed by atoms with Crippen molar-refractivity contribution >= 4 is 52.2 Å². The molecular weight excluding hydrogens is 849 g/mol. The second-order valence-corrected chi connectivity index (χ2v) is 18.6. The van der Waals surface area contributed by atoms with E-state index in [4.69, 9.17) is 14.5 Å². The molecule has 3 saturated heterocycles. The maximum absolute atomic E-state index is 13.9. The quantitative estimate of drug-likeness (QED) is 0.0550. The first-order valence-electron chi connectivity index (χ1n) is 23.1.